The molecular weight excluding hydrogens is 340 g/mol. The van der Waals surface area contributed by atoms with Crippen LogP contribution in [0, 0.1) is 6.92 Å². The van der Waals surface area contributed by atoms with Crippen molar-refractivity contribution in [3.63, 3.8) is 0 Å². The number of benzene rings is 1. The van der Waals surface area contributed by atoms with Crippen LogP contribution in [-0.4, -0.2) is 39.0 Å². The van der Waals surface area contributed by atoms with E-state index in [0.717, 1.165) is 11.0 Å². The molecule has 1 amide bonds. The van der Waals surface area contributed by atoms with Crippen LogP contribution in [0.1, 0.15) is 43.0 Å². The van der Waals surface area contributed by atoms with Crippen LogP contribution in [0.5, 0.6) is 0 Å². The molecule has 0 radical (unpaired) electrons. The number of rotatable bonds is 7. The molecule has 0 saturated heterocycles. The second kappa shape index (κ2) is 8.66. The van der Waals surface area contributed by atoms with Gasteiger partial charge < -0.3 is 14.6 Å². The predicted molar refractivity (Wildman–Crippen MR) is 96.9 cm³/mol. The molecule has 0 aliphatic rings. The zero-order valence-electron chi connectivity index (χ0n) is 14.8. The summed E-state index contributed by atoms with van der Waals surface area (Å²) in [6.45, 7) is 8.07. The summed E-state index contributed by atoms with van der Waals surface area (Å²) in [7, 11) is 0. The van der Waals surface area contributed by atoms with Gasteiger partial charge in [-0.05, 0) is 52.0 Å². The van der Waals surface area contributed by atoms with Crippen molar-refractivity contribution in [1.82, 2.24) is 14.8 Å². The van der Waals surface area contributed by atoms with Gasteiger partial charge in [0.05, 0.1) is 17.9 Å². The molecule has 134 valence electrons. The molecule has 0 aliphatic heterocycles. The van der Waals surface area contributed by atoms with Crippen LogP contribution in [0.3, 0.4) is 0 Å². The minimum absolute atomic E-state index is 0.148. The summed E-state index contributed by atoms with van der Waals surface area (Å²) in [5.74, 6) is 0.529. The zero-order valence-corrected chi connectivity index (χ0v) is 15.6. The summed E-state index contributed by atoms with van der Waals surface area (Å²) in [6, 6.07) is 6.83. The average Bonchev–Trinajstić information content (AvgIpc) is 2.95. The standard InChI is InChI=1S/C17H22N4O3S/c1-5-24-16(23)13-6-8-14(9-7-13)18-15(22)10-25-17-20-19-12(4)21(17)11(2)3/h6-9,11H,5,10H2,1-4H3,(H,18,22). The molecule has 1 heterocycles. The normalized spacial score (nSPS) is 10.8. The van der Waals surface area contributed by atoms with Crippen LogP contribution in [0.25, 0.3) is 0 Å². The van der Waals surface area contributed by atoms with E-state index in [0.29, 0.717) is 17.9 Å². The zero-order chi connectivity index (χ0) is 18.4. The third-order valence-electron chi connectivity index (χ3n) is 3.36. The molecule has 2 aromatic rings. The van der Waals surface area contributed by atoms with Gasteiger partial charge >= 0.3 is 5.97 Å². The van der Waals surface area contributed by atoms with E-state index in [2.05, 4.69) is 15.5 Å². The molecule has 8 heteroatoms. The Balaban J connectivity index is 1.91. The van der Waals surface area contributed by atoms with Crippen molar-refractivity contribution < 1.29 is 14.3 Å². The highest BCUT2D eigenvalue weighted by molar-refractivity contribution is 7.99. The molecule has 1 N–H and O–H groups in total. The maximum absolute atomic E-state index is 12.1. The fraction of sp³-hybridized carbons (Fsp3) is 0.412. The van der Waals surface area contributed by atoms with Crippen molar-refractivity contribution in [1.29, 1.82) is 0 Å². The maximum atomic E-state index is 12.1. The molecule has 25 heavy (non-hydrogen) atoms. The highest BCUT2D eigenvalue weighted by atomic mass is 32.2. The number of carbonyl (C=O) groups is 2. The molecular formula is C17H22N4O3S. The first-order chi connectivity index (χ1) is 11.9. The van der Waals surface area contributed by atoms with E-state index in [-0.39, 0.29) is 23.7 Å². The van der Waals surface area contributed by atoms with E-state index < -0.39 is 0 Å². The highest BCUT2D eigenvalue weighted by Crippen LogP contribution is 2.21. The first-order valence-corrected chi connectivity index (χ1v) is 9.02. The lowest BCUT2D eigenvalue weighted by molar-refractivity contribution is -0.113. The van der Waals surface area contributed by atoms with Gasteiger partial charge in [0, 0.05) is 11.7 Å². The Morgan fingerprint density at radius 1 is 1.24 bits per heavy atom. The smallest absolute Gasteiger partial charge is 0.338 e. The van der Waals surface area contributed by atoms with E-state index in [1.807, 2.05) is 25.3 Å². The Labute approximate surface area is 151 Å². The summed E-state index contributed by atoms with van der Waals surface area (Å²) < 4.78 is 6.92. The fourth-order valence-electron chi connectivity index (χ4n) is 2.27. The Morgan fingerprint density at radius 2 is 1.92 bits per heavy atom. The Morgan fingerprint density at radius 3 is 2.52 bits per heavy atom. The molecule has 1 aromatic heterocycles. The van der Waals surface area contributed by atoms with Gasteiger partial charge in [-0.3, -0.25) is 4.79 Å². The van der Waals surface area contributed by atoms with Crippen molar-refractivity contribution in [2.24, 2.45) is 0 Å². The third-order valence-corrected chi connectivity index (χ3v) is 4.31. The molecule has 0 aliphatic carbocycles. The number of nitrogens with one attached hydrogen (secondary N) is 1. The van der Waals surface area contributed by atoms with E-state index in [1.165, 1.54) is 11.8 Å². The molecule has 0 unspecified atom stereocenters. The molecule has 0 atom stereocenters. The number of amides is 1. The van der Waals surface area contributed by atoms with Crippen molar-refractivity contribution in [2.45, 2.75) is 38.9 Å². The van der Waals surface area contributed by atoms with Crippen LogP contribution < -0.4 is 5.32 Å². The quantitative estimate of drug-likeness (QED) is 0.602. The van der Waals surface area contributed by atoms with E-state index in [4.69, 9.17) is 4.74 Å². The summed E-state index contributed by atoms with van der Waals surface area (Å²) in [5.41, 5.74) is 1.08. The summed E-state index contributed by atoms with van der Waals surface area (Å²) in [6.07, 6.45) is 0. The van der Waals surface area contributed by atoms with E-state index in [1.54, 1.807) is 31.2 Å². The van der Waals surface area contributed by atoms with Crippen molar-refractivity contribution in [2.75, 3.05) is 17.7 Å². The van der Waals surface area contributed by atoms with Gasteiger partial charge in [0.1, 0.15) is 5.82 Å². The van der Waals surface area contributed by atoms with Crippen LogP contribution in [0.2, 0.25) is 0 Å². The Bertz CT molecular complexity index is 741. The summed E-state index contributed by atoms with van der Waals surface area (Å²) >= 11 is 1.34. The second-order valence-corrected chi connectivity index (χ2v) is 6.57. The maximum Gasteiger partial charge on any atom is 0.338 e. The minimum Gasteiger partial charge on any atom is -0.462 e. The molecule has 7 nitrogen and oxygen atoms in total. The first kappa shape index (κ1) is 19.0. The summed E-state index contributed by atoms with van der Waals surface area (Å²) in [5, 5.41) is 11.7. The van der Waals surface area contributed by atoms with Gasteiger partial charge in [0.15, 0.2) is 5.16 Å². The number of hydrogen-bond acceptors (Lipinski definition) is 6. The van der Waals surface area contributed by atoms with Gasteiger partial charge in [0.2, 0.25) is 5.91 Å². The molecule has 1 aromatic carbocycles. The Hall–Kier alpha value is -2.35. The van der Waals surface area contributed by atoms with Gasteiger partial charge in [0.25, 0.3) is 0 Å². The monoisotopic (exact) mass is 362 g/mol. The number of anilines is 1. The molecule has 2 rings (SSSR count). The van der Waals surface area contributed by atoms with Gasteiger partial charge in [-0.1, -0.05) is 11.8 Å². The van der Waals surface area contributed by atoms with Crippen molar-refractivity contribution >= 4 is 29.3 Å². The number of aromatic nitrogens is 3. The number of ether oxygens (including phenoxy) is 1. The molecule has 0 spiro atoms. The number of hydrogen-bond donors (Lipinski definition) is 1. The molecule has 0 fully saturated rings. The van der Waals surface area contributed by atoms with Crippen molar-refractivity contribution in [3.8, 4) is 0 Å². The largest absolute Gasteiger partial charge is 0.462 e. The predicted octanol–water partition coefficient (Wildman–Crippen LogP) is 3.07. The highest BCUT2D eigenvalue weighted by Gasteiger charge is 2.14. The number of thioether (sulfide) groups is 1. The fourth-order valence-corrected chi connectivity index (χ4v) is 3.19. The summed E-state index contributed by atoms with van der Waals surface area (Å²) in [4.78, 5) is 23.7. The van der Waals surface area contributed by atoms with Crippen LogP contribution in [-0.2, 0) is 9.53 Å². The van der Waals surface area contributed by atoms with Crippen LogP contribution in [0.4, 0.5) is 5.69 Å². The number of nitrogens with zero attached hydrogens (tertiary/aromatic N) is 3. The van der Waals surface area contributed by atoms with E-state index in [9.17, 15) is 9.59 Å². The Kier molecular flexibility index (Phi) is 6.58. The number of aryl methyl sites for hydroxylation is 1. The van der Waals surface area contributed by atoms with E-state index >= 15 is 0 Å². The second-order valence-electron chi connectivity index (χ2n) is 5.63. The third kappa shape index (κ3) is 5.06. The van der Waals surface area contributed by atoms with Gasteiger partial charge in [-0.15, -0.1) is 10.2 Å². The van der Waals surface area contributed by atoms with Gasteiger partial charge in [-0.25, -0.2) is 4.79 Å². The van der Waals surface area contributed by atoms with Crippen LogP contribution >= 0.6 is 11.8 Å². The van der Waals surface area contributed by atoms with Gasteiger partial charge in [-0.2, -0.15) is 0 Å². The van der Waals surface area contributed by atoms with Crippen molar-refractivity contribution in [3.05, 3.63) is 35.7 Å². The SMILES string of the molecule is CCOC(=O)c1ccc(NC(=O)CSc2nnc(C)n2C(C)C)cc1. The average molecular weight is 362 g/mol. The van der Waals surface area contributed by atoms with Crippen LogP contribution in [0.15, 0.2) is 29.4 Å². The lowest BCUT2D eigenvalue weighted by Gasteiger charge is -2.11. The molecule has 0 bridgehead atoms. The lowest BCUT2D eigenvalue weighted by Crippen LogP contribution is -2.15. The topological polar surface area (TPSA) is 86.1 Å². The first-order valence-electron chi connectivity index (χ1n) is 8.03. The minimum atomic E-state index is -0.376. The molecule has 0 saturated carbocycles. The lowest BCUT2D eigenvalue weighted by atomic mass is 10.2. The number of carbonyl (C=O) groups excluding carboxylic acids is 2. The number of esters is 1.